The molecule has 19 heteroatoms. The maximum absolute atomic E-state index is 5.16. The van der Waals surface area contributed by atoms with Gasteiger partial charge in [-0.3, -0.25) is 24.9 Å². The average Bonchev–Trinajstić information content (AvgIpc) is 1.58. The van der Waals surface area contributed by atoms with Crippen molar-refractivity contribution in [1.82, 2.24) is 73.9 Å². The number of pyridine rings is 7. The van der Waals surface area contributed by atoms with Crippen LogP contribution < -0.4 is 0 Å². The first kappa shape index (κ1) is 75.3. The Morgan fingerprint density at radius 3 is 1.10 bits per heavy atom. The maximum atomic E-state index is 5.16. The lowest BCUT2D eigenvalue weighted by Gasteiger charge is -2.12. The van der Waals surface area contributed by atoms with Crippen molar-refractivity contribution in [2.45, 2.75) is 0 Å². The van der Waals surface area contributed by atoms with Crippen LogP contribution in [0, 0.1) is 0 Å². The molecule has 0 fully saturated rings. The minimum absolute atomic E-state index is 0.796. The Morgan fingerprint density at radius 2 is 0.576 bits per heavy atom. The zero-order valence-electron chi connectivity index (χ0n) is 69.7. The van der Waals surface area contributed by atoms with Gasteiger partial charge in [0.15, 0.2) is 0 Å². The maximum Gasteiger partial charge on any atom is 0.125 e. The molecule has 132 heavy (non-hydrogen) atoms. The van der Waals surface area contributed by atoms with Crippen molar-refractivity contribution >= 4 is 170 Å². The van der Waals surface area contributed by atoms with E-state index in [0.717, 1.165) is 204 Å². The molecule has 0 aliphatic heterocycles. The lowest BCUT2D eigenvalue weighted by atomic mass is 9.92. The van der Waals surface area contributed by atoms with Crippen LogP contribution in [0.15, 0.2) is 385 Å². The van der Waals surface area contributed by atoms with Crippen LogP contribution in [-0.2, 0) is 0 Å². The van der Waals surface area contributed by atoms with Crippen molar-refractivity contribution in [2.24, 2.45) is 0 Å². The minimum Gasteiger partial charge on any atom is -0.309 e. The van der Waals surface area contributed by atoms with Crippen LogP contribution in [0.25, 0.3) is 270 Å². The largest absolute Gasteiger partial charge is 0.309 e. The van der Waals surface area contributed by atoms with Gasteiger partial charge >= 0.3 is 0 Å². The predicted octanol–water partition coefficient (Wildman–Crippen LogP) is 29.5. The number of hydrogen-bond acceptors (Lipinski definition) is 17. The summed E-state index contributed by atoms with van der Waals surface area (Å²) in [6.45, 7) is 0. The molecule has 11 aromatic carbocycles. The van der Waals surface area contributed by atoms with E-state index in [9.17, 15) is 0 Å². The molecule has 16 aromatic heterocycles. The molecule has 0 amide bonds. The van der Waals surface area contributed by atoms with Crippen molar-refractivity contribution in [2.75, 3.05) is 0 Å². The number of hydrogen-bond donors (Lipinski definition) is 0. The van der Waals surface area contributed by atoms with Gasteiger partial charge in [0.25, 0.3) is 0 Å². The number of aromatic nitrogens is 15. The second kappa shape index (κ2) is 30.5. The van der Waals surface area contributed by atoms with Gasteiger partial charge < -0.3 is 9.13 Å². The third kappa shape index (κ3) is 12.5. The summed E-state index contributed by atoms with van der Waals surface area (Å²) in [7, 11) is 0. The molecule has 0 bridgehead atoms. The van der Waals surface area contributed by atoms with E-state index in [1.165, 1.54) is 66.1 Å². The van der Waals surface area contributed by atoms with Crippen molar-refractivity contribution in [3.8, 4) is 146 Å². The van der Waals surface area contributed by atoms with Crippen molar-refractivity contribution in [3.63, 3.8) is 0 Å². The summed E-state index contributed by atoms with van der Waals surface area (Å²) >= 11 is 7.14. The molecule has 0 spiro atoms. The van der Waals surface area contributed by atoms with Gasteiger partial charge in [-0.15, -0.1) is 34.0 Å². The topological polar surface area (TPSA) is 177 Å². The quantitative estimate of drug-likeness (QED) is 0.101. The summed E-state index contributed by atoms with van der Waals surface area (Å²) in [5.74, 6) is 0. The fourth-order valence-corrected chi connectivity index (χ4v) is 24.0. The number of fused-ring (bicyclic) bond motifs is 18. The highest BCUT2D eigenvalue weighted by Crippen LogP contribution is 2.51. The molecule has 27 rings (SSSR count). The molecule has 0 saturated heterocycles. The molecular formula is C113H63N15S4. The Balaban J connectivity index is 0.568. The molecule has 0 radical (unpaired) electrons. The minimum atomic E-state index is 0.796. The molecule has 16 heterocycles. The van der Waals surface area contributed by atoms with E-state index in [0.29, 0.717) is 0 Å². The Labute approximate surface area is 768 Å². The Hall–Kier alpha value is -16.8. The summed E-state index contributed by atoms with van der Waals surface area (Å²) in [4.78, 5) is 62.4. The van der Waals surface area contributed by atoms with E-state index in [4.69, 9.17) is 24.9 Å². The lowest BCUT2D eigenvalue weighted by Crippen LogP contribution is -1.94. The van der Waals surface area contributed by atoms with Gasteiger partial charge in [-0.1, -0.05) is 108 Å². The third-order valence-corrected chi connectivity index (χ3v) is 30.3. The van der Waals surface area contributed by atoms with Crippen LogP contribution in [-0.4, -0.2) is 73.9 Å². The van der Waals surface area contributed by atoms with Crippen molar-refractivity contribution in [3.05, 3.63) is 385 Å². The molecule has 0 saturated carbocycles. The average molecular weight is 1760 g/mol. The van der Waals surface area contributed by atoms with Gasteiger partial charge in [0.2, 0.25) is 0 Å². The van der Waals surface area contributed by atoms with Crippen LogP contribution >= 0.6 is 45.3 Å². The molecule has 0 N–H and O–H groups in total. The Bertz CT molecular complexity index is 9470. The number of nitrogens with zero attached hydrogens (tertiary/aromatic N) is 15. The predicted molar refractivity (Wildman–Crippen MR) is 543 cm³/mol. The summed E-state index contributed by atoms with van der Waals surface area (Å²) in [5.41, 5.74) is 30.6. The van der Waals surface area contributed by atoms with Gasteiger partial charge in [-0.25, -0.2) is 39.9 Å². The zero-order valence-corrected chi connectivity index (χ0v) is 73.0. The molecule has 0 unspecified atom stereocenters. The Kier molecular flexibility index (Phi) is 17.4. The fourth-order valence-electron chi connectivity index (χ4n) is 19.6. The fraction of sp³-hybridized carbons (Fsp3) is 0. The first-order chi connectivity index (χ1) is 65.4. The van der Waals surface area contributed by atoms with Crippen LogP contribution in [0.1, 0.15) is 0 Å². The van der Waals surface area contributed by atoms with Crippen LogP contribution in [0.5, 0.6) is 0 Å². The first-order valence-corrected chi connectivity index (χ1v) is 46.5. The highest BCUT2D eigenvalue weighted by molar-refractivity contribution is 7.27. The number of rotatable bonds is 14. The SMILES string of the molecule is c1cc(-c2cnc3sc4ncc(-c5ncccc5-c5ccncn5)cc4c3c2)cc(-c2cc(-c3cccc(-c4ccc5sc6ccc(-n7c8ccncc8c8cc(-c9ncccc9-c9ccncn9)ccc87)cc6c5c4)c3)c3sc4c(-c5cccc(-c6ccc7sc8ccc(-n9c%10ccncc%10c%10cc(-c%11ncccc%11-c%11ccncn%11)ccc%109)cc8c7c6)c5)cccc4c3c2)c1. The summed E-state index contributed by atoms with van der Waals surface area (Å²) in [5, 5.41) is 13.6. The highest BCUT2D eigenvalue weighted by Gasteiger charge is 2.25. The molecule has 27 aromatic rings. The van der Waals surface area contributed by atoms with Crippen LogP contribution in [0.4, 0.5) is 0 Å². The van der Waals surface area contributed by atoms with Crippen LogP contribution in [0.3, 0.4) is 0 Å². The molecular weight excluding hydrogens is 1700 g/mol. The highest BCUT2D eigenvalue weighted by atomic mass is 32.1. The molecule has 0 aliphatic carbocycles. The monoisotopic (exact) mass is 1760 g/mol. The van der Waals surface area contributed by atoms with Crippen LogP contribution in [0.2, 0.25) is 0 Å². The normalized spacial score (nSPS) is 11.9. The second-order valence-electron chi connectivity index (χ2n) is 33.1. The first-order valence-electron chi connectivity index (χ1n) is 43.2. The molecule has 0 aliphatic rings. The van der Waals surface area contributed by atoms with Gasteiger partial charge in [0.1, 0.15) is 28.6 Å². The number of benzene rings is 11. The smallest absolute Gasteiger partial charge is 0.125 e. The van der Waals surface area contributed by atoms with E-state index in [-0.39, 0.29) is 0 Å². The van der Waals surface area contributed by atoms with Gasteiger partial charge in [-0.05, 0) is 250 Å². The van der Waals surface area contributed by atoms with E-state index >= 15 is 0 Å². The van der Waals surface area contributed by atoms with Gasteiger partial charge in [0.05, 0.1) is 56.2 Å². The summed E-state index contributed by atoms with van der Waals surface area (Å²) < 4.78 is 12.1. The van der Waals surface area contributed by atoms with Gasteiger partial charge in [-0.2, -0.15) is 0 Å². The van der Waals surface area contributed by atoms with Crippen molar-refractivity contribution in [1.29, 1.82) is 0 Å². The number of thiophene rings is 4. The zero-order chi connectivity index (χ0) is 86.6. The van der Waals surface area contributed by atoms with E-state index < -0.39 is 0 Å². The molecule has 15 nitrogen and oxygen atoms in total. The lowest BCUT2D eigenvalue weighted by molar-refractivity contribution is 1.17. The Morgan fingerprint density at radius 1 is 0.189 bits per heavy atom. The summed E-state index contributed by atoms with van der Waals surface area (Å²) in [6.07, 6.45) is 27.2. The van der Waals surface area contributed by atoms with E-state index in [2.05, 4.69) is 298 Å². The van der Waals surface area contributed by atoms with Crippen molar-refractivity contribution < 1.29 is 0 Å². The molecule has 614 valence electrons. The van der Waals surface area contributed by atoms with E-state index in [1.54, 1.807) is 48.9 Å². The standard InChI is InChI=1S/C113H63N15S4/c1-10-66(44-67(11-1)75-53-92-93-54-76(58-123-113(93)132-112(92)122-57-75)109-83(18-7-38-121-109)98-33-41-118-63-126-98)74-51-84(71-13-3-9-65(46-71)69-22-28-104-88(48-69)90-56-78(24-30-106(90)130-104)128-100-26-20-73(50-86(100)95-60-115-43-35-102(95)128)108-82(17-6-37-120-108)97-32-40-117-62-125-97)111-91(52-74)80-15-4-14-79(110(80)131-111)70-12-2-8-64(45-70)68-21-27-103-87(47-68)89-55-77(23-29-105(89)129-103)127-99-25-19-72(49-85(99)94-59-114-42-34-101(94)127)107-81(16-5-36-119-107)96-31-39-116-61-124-96/h1-63H. The third-order valence-electron chi connectivity index (χ3n) is 25.7. The van der Waals surface area contributed by atoms with Gasteiger partial charge in [0, 0.05) is 223 Å². The molecule has 0 atom stereocenters. The van der Waals surface area contributed by atoms with E-state index in [1.807, 2.05) is 132 Å². The second-order valence-corrected chi connectivity index (χ2v) is 37.2. The summed E-state index contributed by atoms with van der Waals surface area (Å²) in [6, 6.07) is 107.